The van der Waals surface area contributed by atoms with Gasteiger partial charge in [0, 0.05) is 28.5 Å². The minimum Gasteiger partial charge on any atom is -0.409 e. The van der Waals surface area contributed by atoms with E-state index in [1.54, 1.807) is 0 Å². The number of oxime groups is 1. The number of halogens is 1. The molecule has 2 aromatic rings. The van der Waals surface area contributed by atoms with Gasteiger partial charge in [-0.2, -0.15) is 0 Å². The number of rotatable bonds is 4. The van der Waals surface area contributed by atoms with Gasteiger partial charge in [-0.1, -0.05) is 27.2 Å². The summed E-state index contributed by atoms with van der Waals surface area (Å²) in [6, 6.07) is 11.6. The zero-order valence-corrected chi connectivity index (χ0v) is 13.5. The fourth-order valence-corrected chi connectivity index (χ4v) is 2.48. The molecule has 0 bridgehead atoms. The van der Waals surface area contributed by atoms with Crippen molar-refractivity contribution in [1.29, 1.82) is 0 Å². The van der Waals surface area contributed by atoms with Gasteiger partial charge in [0.25, 0.3) is 0 Å². The molecule has 3 N–H and O–H groups in total. The van der Waals surface area contributed by atoms with Crippen molar-refractivity contribution in [3.05, 3.63) is 57.8 Å². The highest BCUT2D eigenvalue weighted by Gasteiger charge is 2.12. The van der Waals surface area contributed by atoms with Crippen molar-refractivity contribution in [1.82, 2.24) is 4.98 Å². The predicted molar refractivity (Wildman–Crippen MR) is 87.7 cm³/mol. The van der Waals surface area contributed by atoms with Crippen LogP contribution in [0.5, 0.6) is 0 Å². The molecule has 110 valence electrons. The third kappa shape index (κ3) is 3.72. The molecule has 0 atom stereocenters. The third-order valence-corrected chi connectivity index (χ3v) is 3.59. The third-order valence-electron chi connectivity index (χ3n) is 3.10. The fourth-order valence-electron chi connectivity index (χ4n) is 2.12. The Hall–Kier alpha value is -2.08. The maximum atomic E-state index is 8.93. The van der Waals surface area contributed by atoms with Gasteiger partial charge in [0.05, 0.1) is 12.2 Å². The van der Waals surface area contributed by atoms with E-state index >= 15 is 0 Å². The molecule has 0 unspecified atom stereocenters. The van der Waals surface area contributed by atoms with Crippen LogP contribution in [0.1, 0.15) is 17.0 Å². The van der Waals surface area contributed by atoms with Crippen LogP contribution in [0.25, 0.3) is 0 Å². The minimum atomic E-state index is 0.0790. The van der Waals surface area contributed by atoms with Crippen molar-refractivity contribution >= 4 is 27.5 Å². The van der Waals surface area contributed by atoms with Crippen molar-refractivity contribution in [3.63, 3.8) is 0 Å². The molecule has 0 spiro atoms. The highest BCUT2D eigenvalue weighted by Crippen LogP contribution is 2.24. The summed E-state index contributed by atoms with van der Waals surface area (Å²) in [4.78, 5) is 6.50. The van der Waals surface area contributed by atoms with Crippen LogP contribution in [0.15, 0.2) is 46.0 Å². The summed E-state index contributed by atoms with van der Waals surface area (Å²) in [7, 11) is 1.95. The second kappa shape index (κ2) is 6.58. The maximum absolute atomic E-state index is 8.93. The average Bonchev–Trinajstić information content (AvgIpc) is 2.46. The first-order chi connectivity index (χ1) is 10.0. The molecule has 1 aromatic heterocycles. The van der Waals surface area contributed by atoms with Crippen molar-refractivity contribution in [2.45, 2.75) is 13.5 Å². The second-order valence-electron chi connectivity index (χ2n) is 4.77. The molecule has 1 heterocycles. The Morgan fingerprint density at radius 1 is 1.38 bits per heavy atom. The van der Waals surface area contributed by atoms with Crippen molar-refractivity contribution in [2.24, 2.45) is 10.9 Å². The van der Waals surface area contributed by atoms with E-state index in [1.165, 1.54) is 0 Å². The summed E-state index contributed by atoms with van der Waals surface area (Å²) in [5, 5.41) is 12.0. The quantitative estimate of drug-likeness (QED) is 0.385. The Balaban J connectivity index is 2.33. The number of nitrogens with zero attached hydrogens (tertiary/aromatic N) is 3. The topological polar surface area (TPSA) is 74.7 Å². The van der Waals surface area contributed by atoms with Crippen LogP contribution < -0.4 is 10.6 Å². The summed E-state index contributed by atoms with van der Waals surface area (Å²) in [5.41, 5.74) is 9.24. The van der Waals surface area contributed by atoms with E-state index < -0.39 is 0 Å². The van der Waals surface area contributed by atoms with Gasteiger partial charge in [-0.25, -0.2) is 0 Å². The van der Waals surface area contributed by atoms with E-state index in [1.807, 2.05) is 55.3 Å². The number of pyridine rings is 1. The molecule has 2 rings (SSSR count). The SMILES string of the molecule is Cc1cccc(CN(C)c2ccc(Br)cc2/C(N)=N/O)n1. The zero-order valence-electron chi connectivity index (χ0n) is 11.9. The Bertz CT molecular complexity index is 672. The number of anilines is 1. The lowest BCUT2D eigenvalue weighted by Gasteiger charge is -2.22. The molecular formula is C15H17BrN4O. The average molecular weight is 349 g/mol. The molecule has 21 heavy (non-hydrogen) atoms. The molecule has 0 saturated carbocycles. The van der Waals surface area contributed by atoms with Crippen molar-refractivity contribution < 1.29 is 5.21 Å². The lowest BCUT2D eigenvalue weighted by molar-refractivity contribution is 0.318. The molecule has 0 aliphatic rings. The van der Waals surface area contributed by atoms with Gasteiger partial charge < -0.3 is 15.8 Å². The van der Waals surface area contributed by atoms with Gasteiger partial charge in [-0.3, -0.25) is 4.98 Å². The summed E-state index contributed by atoms with van der Waals surface area (Å²) < 4.78 is 0.870. The van der Waals surface area contributed by atoms with Gasteiger partial charge in [0.1, 0.15) is 0 Å². The first kappa shape index (κ1) is 15.3. The summed E-state index contributed by atoms with van der Waals surface area (Å²) in [5.74, 6) is 0.0790. The maximum Gasteiger partial charge on any atom is 0.172 e. The Labute approximate surface area is 132 Å². The van der Waals surface area contributed by atoms with Crippen LogP contribution in [0.4, 0.5) is 5.69 Å². The number of nitrogens with two attached hydrogens (primary N) is 1. The number of hydrogen-bond acceptors (Lipinski definition) is 4. The normalized spacial score (nSPS) is 11.5. The largest absolute Gasteiger partial charge is 0.409 e. The van der Waals surface area contributed by atoms with Gasteiger partial charge in [-0.15, -0.1) is 0 Å². The molecule has 0 aliphatic carbocycles. The van der Waals surface area contributed by atoms with Crippen molar-refractivity contribution in [2.75, 3.05) is 11.9 Å². The monoisotopic (exact) mass is 348 g/mol. The van der Waals surface area contributed by atoms with E-state index in [0.717, 1.165) is 21.5 Å². The summed E-state index contributed by atoms with van der Waals surface area (Å²) >= 11 is 3.40. The number of benzene rings is 1. The fraction of sp³-hybridized carbons (Fsp3) is 0.200. The van der Waals surface area contributed by atoms with E-state index in [-0.39, 0.29) is 5.84 Å². The van der Waals surface area contributed by atoms with Crippen LogP contribution in [0, 0.1) is 6.92 Å². The minimum absolute atomic E-state index is 0.0790. The Morgan fingerprint density at radius 3 is 2.81 bits per heavy atom. The van der Waals surface area contributed by atoms with Crippen LogP contribution in [0.3, 0.4) is 0 Å². The van der Waals surface area contributed by atoms with Crippen LogP contribution in [0.2, 0.25) is 0 Å². The van der Waals surface area contributed by atoms with Crippen LogP contribution in [-0.4, -0.2) is 23.1 Å². The second-order valence-corrected chi connectivity index (χ2v) is 5.69. The zero-order chi connectivity index (χ0) is 15.4. The van der Waals surface area contributed by atoms with Gasteiger partial charge in [-0.05, 0) is 37.3 Å². The number of amidine groups is 1. The van der Waals surface area contributed by atoms with E-state index in [2.05, 4.69) is 26.1 Å². The molecule has 0 saturated heterocycles. The molecule has 0 amide bonds. The van der Waals surface area contributed by atoms with E-state index in [9.17, 15) is 0 Å². The molecular weight excluding hydrogens is 332 g/mol. The summed E-state index contributed by atoms with van der Waals surface area (Å²) in [6.07, 6.45) is 0. The smallest absolute Gasteiger partial charge is 0.172 e. The van der Waals surface area contributed by atoms with Crippen LogP contribution in [-0.2, 0) is 6.54 Å². The Kier molecular flexibility index (Phi) is 4.80. The number of aryl methyl sites for hydroxylation is 1. The first-order valence-electron chi connectivity index (χ1n) is 6.42. The van der Waals surface area contributed by atoms with Gasteiger partial charge in [0.15, 0.2) is 5.84 Å². The predicted octanol–water partition coefficient (Wildman–Crippen LogP) is 2.88. The van der Waals surface area contributed by atoms with Gasteiger partial charge in [0.2, 0.25) is 0 Å². The lowest BCUT2D eigenvalue weighted by Crippen LogP contribution is -2.23. The highest BCUT2D eigenvalue weighted by molar-refractivity contribution is 9.10. The lowest BCUT2D eigenvalue weighted by atomic mass is 10.1. The molecule has 0 radical (unpaired) electrons. The number of hydrogen-bond donors (Lipinski definition) is 2. The molecule has 5 nitrogen and oxygen atoms in total. The first-order valence-corrected chi connectivity index (χ1v) is 7.21. The standard InChI is InChI=1S/C15H17BrN4O/c1-10-4-3-5-12(18-10)9-20(2)14-7-6-11(16)8-13(14)15(17)19-21/h3-8,21H,9H2,1-2H3,(H2,17,19). The highest BCUT2D eigenvalue weighted by atomic mass is 79.9. The van der Waals surface area contributed by atoms with E-state index in [0.29, 0.717) is 12.1 Å². The van der Waals surface area contributed by atoms with Crippen molar-refractivity contribution in [3.8, 4) is 0 Å². The molecule has 0 aliphatic heterocycles. The number of aromatic nitrogens is 1. The molecule has 0 fully saturated rings. The molecule has 6 heteroatoms. The van der Waals surface area contributed by atoms with Crippen LogP contribution >= 0.6 is 15.9 Å². The van der Waals surface area contributed by atoms with E-state index in [4.69, 9.17) is 10.9 Å². The van der Waals surface area contributed by atoms with Gasteiger partial charge >= 0.3 is 0 Å². The summed E-state index contributed by atoms with van der Waals surface area (Å²) in [6.45, 7) is 2.60. The Morgan fingerprint density at radius 2 is 2.14 bits per heavy atom. The molecule has 1 aromatic carbocycles.